The van der Waals surface area contributed by atoms with Crippen molar-refractivity contribution >= 4 is 5.91 Å². The predicted octanol–water partition coefficient (Wildman–Crippen LogP) is 3.80. The third kappa shape index (κ3) is 2.37. The minimum Gasteiger partial charge on any atom is -0.497 e. The van der Waals surface area contributed by atoms with Gasteiger partial charge in [0.25, 0.3) is 0 Å². The van der Waals surface area contributed by atoms with Crippen molar-refractivity contribution in [1.82, 2.24) is 4.90 Å². The van der Waals surface area contributed by atoms with Crippen molar-refractivity contribution in [3.05, 3.63) is 65.7 Å². The standard InChI is InChI=1S/C19H21NO2/c1-19(2)17(15-7-5-4-6-8-15)20(18(19)21)13-14-9-11-16(22-3)12-10-14/h4-12,17H,13H2,1-3H3. The lowest BCUT2D eigenvalue weighted by molar-refractivity contribution is -0.170. The van der Waals surface area contributed by atoms with Crippen LogP contribution in [0, 0.1) is 5.41 Å². The number of ether oxygens (including phenoxy) is 1. The van der Waals surface area contributed by atoms with Crippen LogP contribution in [0.25, 0.3) is 0 Å². The molecule has 0 aromatic heterocycles. The Morgan fingerprint density at radius 2 is 1.68 bits per heavy atom. The first kappa shape index (κ1) is 14.6. The fourth-order valence-corrected chi connectivity index (χ4v) is 3.25. The molecule has 1 aliphatic rings. The van der Waals surface area contributed by atoms with Gasteiger partial charge in [0.1, 0.15) is 5.75 Å². The summed E-state index contributed by atoms with van der Waals surface area (Å²) in [5.74, 6) is 1.04. The molecule has 114 valence electrons. The maximum atomic E-state index is 12.5. The number of hydrogen-bond acceptors (Lipinski definition) is 2. The predicted molar refractivity (Wildman–Crippen MR) is 86.5 cm³/mol. The quantitative estimate of drug-likeness (QED) is 0.803. The second-order valence-electron chi connectivity index (χ2n) is 6.32. The highest BCUT2D eigenvalue weighted by Crippen LogP contribution is 2.50. The summed E-state index contributed by atoms with van der Waals surface area (Å²) in [5, 5.41) is 0. The molecule has 1 atom stereocenters. The average Bonchev–Trinajstić information content (AvgIpc) is 2.55. The largest absolute Gasteiger partial charge is 0.497 e. The van der Waals surface area contributed by atoms with E-state index in [-0.39, 0.29) is 17.4 Å². The van der Waals surface area contributed by atoms with Gasteiger partial charge in [-0.25, -0.2) is 0 Å². The molecule has 1 saturated heterocycles. The number of methoxy groups -OCH3 is 1. The van der Waals surface area contributed by atoms with E-state index in [0.29, 0.717) is 6.54 Å². The number of amides is 1. The molecule has 3 nitrogen and oxygen atoms in total. The lowest BCUT2D eigenvalue weighted by atomic mass is 9.70. The lowest BCUT2D eigenvalue weighted by Crippen LogP contribution is -2.59. The molecule has 0 N–H and O–H groups in total. The second-order valence-corrected chi connectivity index (χ2v) is 6.32. The van der Waals surface area contributed by atoms with Crippen LogP contribution in [0.3, 0.4) is 0 Å². The van der Waals surface area contributed by atoms with Crippen molar-refractivity contribution in [2.75, 3.05) is 7.11 Å². The molecule has 22 heavy (non-hydrogen) atoms. The monoisotopic (exact) mass is 295 g/mol. The molecule has 2 aromatic rings. The minimum absolute atomic E-state index is 0.128. The first-order valence-corrected chi connectivity index (χ1v) is 7.53. The van der Waals surface area contributed by atoms with E-state index in [9.17, 15) is 4.79 Å². The molecule has 1 unspecified atom stereocenters. The Labute approximate surface area is 131 Å². The summed E-state index contributed by atoms with van der Waals surface area (Å²) in [7, 11) is 1.65. The molecule has 0 bridgehead atoms. The highest BCUT2D eigenvalue weighted by Gasteiger charge is 2.54. The Morgan fingerprint density at radius 1 is 1.05 bits per heavy atom. The van der Waals surface area contributed by atoms with Crippen LogP contribution in [0.1, 0.15) is 31.0 Å². The van der Waals surface area contributed by atoms with Crippen molar-refractivity contribution in [1.29, 1.82) is 0 Å². The maximum absolute atomic E-state index is 12.5. The van der Waals surface area contributed by atoms with E-state index >= 15 is 0 Å². The number of benzene rings is 2. The van der Waals surface area contributed by atoms with Crippen molar-refractivity contribution in [2.45, 2.75) is 26.4 Å². The van der Waals surface area contributed by atoms with E-state index < -0.39 is 0 Å². The number of nitrogens with zero attached hydrogens (tertiary/aromatic N) is 1. The van der Waals surface area contributed by atoms with Gasteiger partial charge >= 0.3 is 0 Å². The van der Waals surface area contributed by atoms with E-state index in [1.165, 1.54) is 5.56 Å². The van der Waals surface area contributed by atoms with Crippen LogP contribution in [0.15, 0.2) is 54.6 Å². The summed E-state index contributed by atoms with van der Waals surface area (Å²) in [4.78, 5) is 14.5. The fraction of sp³-hybridized carbons (Fsp3) is 0.316. The molecule has 3 rings (SSSR count). The topological polar surface area (TPSA) is 29.5 Å². The zero-order valence-corrected chi connectivity index (χ0v) is 13.2. The van der Waals surface area contributed by atoms with Crippen LogP contribution in [0.4, 0.5) is 0 Å². The van der Waals surface area contributed by atoms with Crippen molar-refractivity contribution < 1.29 is 9.53 Å². The van der Waals surface area contributed by atoms with Gasteiger partial charge in [-0.15, -0.1) is 0 Å². The number of carbonyl (C=O) groups is 1. The van der Waals surface area contributed by atoms with Crippen LogP contribution in [-0.2, 0) is 11.3 Å². The molecule has 1 fully saturated rings. The first-order chi connectivity index (χ1) is 10.5. The highest BCUT2D eigenvalue weighted by atomic mass is 16.5. The van der Waals surface area contributed by atoms with Gasteiger partial charge in [-0.2, -0.15) is 0 Å². The van der Waals surface area contributed by atoms with Crippen molar-refractivity contribution in [3.63, 3.8) is 0 Å². The molecule has 3 heteroatoms. The molecule has 1 aliphatic heterocycles. The van der Waals surface area contributed by atoms with Crippen LogP contribution < -0.4 is 4.74 Å². The number of hydrogen-bond donors (Lipinski definition) is 0. The highest BCUT2D eigenvalue weighted by molar-refractivity contribution is 5.89. The molecule has 2 aromatic carbocycles. The maximum Gasteiger partial charge on any atom is 0.231 e. The van der Waals surface area contributed by atoms with E-state index in [1.54, 1.807) is 7.11 Å². The Kier molecular flexibility index (Phi) is 3.65. The molecule has 0 saturated carbocycles. The summed E-state index contributed by atoms with van der Waals surface area (Å²) in [6.07, 6.45) is 0. The Hall–Kier alpha value is -2.29. The molecule has 0 aliphatic carbocycles. The van der Waals surface area contributed by atoms with Gasteiger partial charge in [-0.05, 0) is 37.1 Å². The van der Waals surface area contributed by atoms with Gasteiger partial charge in [0.15, 0.2) is 0 Å². The van der Waals surface area contributed by atoms with E-state index in [2.05, 4.69) is 12.1 Å². The molecular formula is C19H21NO2. The number of β-lactam (4-membered cyclic amide) rings is 1. The summed E-state index contributed by atoms with van der Waals surface area (Å²) < 4.78 is 5.18. The normalized spacial score (nSPS) is 19.7. The number of likely N-dealkylation sites (tertiary alicyclic amines) is 1. The van der Waals surface area contributed by atoms with E-state index in [0.717, 1.165) is 11.3 Å². The Balaban J connectivity index is 1.83. The SMILES string of the molecule is COc1ccc(CN2C(=O)C(C)(C)C2c2ccccc2)cc1. The number of carbonyl (C=O) groups excluding carboxylic acids is 1. The molecule has 1 amide bonds. The van der Waals surface area contributed by atoms with Crippen molar-refractivity contribution in [2.24, 2.45) is 5.41 Å². The van der Waals surface area contributed by atoms with Gasteiger partial charge in [0.05, 0.1) is 18.6 Å². The van der Waals surface area contributed by atoms with Gasteiger partial charge in [0, 0.05) is 6.54 Å². The molecule has 0 radical (unpaired) electrons. The Morgan fingerprint density at radius 3 is 2.27 bits per heavy atom. The second kappa shape index (κ2) is 5.48. The summed E-state index contributed by atoms with van der Waals surface area (Å²) in [6, 6.07) is 18.3. The third-order valence-electron chi connectivity index (χ3n) is 4.43. The zero-order chi connectivity index (χ0) is 15.7. The van der Waals surface area contributed by atoms with E-state index in [4.69, 9.17) is 4.74 Å². The average molecular weight is 295 g/mol. The Bertz CT molecular complexity index is 662. The van der Waals surface area contributed by atoms with Crippen molar-refractivity contribution in [3.8, 4) is 5.75 Å². The number of rotatable bonds is 4. The van der Waals surface area contributed by atoms with E-state index in [1.807, 2.05) is 61.2 Å². The molecular weight excluding hydrogens is 274 g/mol. The summed E-state index contributed by atoms with van der Waals surface area (Å²) in [5.41, 5.74) is 1.97. The van der Waals surface area contributed by atoms with Gasteiger partial charge in [0.2, 0.25) is 5.91 Å². The van der Waals surface area contributed by atoms with Gasteiger partial charge < -0.3 is 9.64 Å². The van der Waals surface area contributed by atoms with Gasteiger partial charge in [-0.1, -0.05) is 42.5 Å². The van der Waals surface area contributed by atoms with Crippen LogP contribution in [-0.4, -0.2) is 17.9 Å². The molecule has 0 spiro atoms. The lowest BCUT2D eigenvalue weighted by Gasteiger charge is -2.53. The third-order valence-corrected chi connectivity index (χ3v) is 4.43. The van der Waals surface area contributed by atoms with Gasteiger partial charge in [-0.3, -0.25) is 4.79 Å². The van der Waals surface area contributed by atoms with Crippen LogP contribution in [0.5, 0.6) is 5.75 Å². The summed E-state index contributed by atoms with van der Waals surface area (Å²) in [6.45, 7) is 4.68. The minimum atomic E-state index is -0.339. The molecule has 1 heterocycles. The van der Waals surface area contributed by atoms with Crippen LogP contribution >= 0.6 is 0 Å². The fourth-order valence-electron chi connectivity index (χ4n) is 3.25. The smallest absolute Gasteiger partial charge is 0.231 e. The zero-order valence-electron chi connectivity index (χ0n) is 13.2. The van der Waals surface area contributed by atoms with Crippen LogP contribution in [0.2, 0.25) is 0 Å². The summed E-state index contributed by atoms with van der Waals surface area (Å²) >= 11 is 0. The first-order valence-electron chi connectivity index (χ1n) is 7.53.